The first-order valence-corrected chi connectivity index (χ1v) is 5.50. The molecule has 0 fully saturated rings. The lowest BCUT2D eigenvalue weighted by molar-refractivity contribution is -0.385. The Balaban J connectivity index is 2.72. The first-order valence-electron chi connectivity index (χ1n) is 5.50. The standard InChI is InChI=1S/C12H12N4O3/c1-9(17)14-5-3-2-4-10-6-12(16(18)19)11(7-13)15-8-10/h2,4,6,8H,3,5H2,1H3,(H,14,17). The average molecular weight is 260 g/mol. The molecule has 0 atom stereocenters. The second-order valence-electron chi connectivity index (χ2n) is 3.68. The Morgan fingerprint density at radius 2 is 2.42 bits per heavy atom. The van der Waals surface area contributed by atoms with Crippen molar-refractivity contribution in [2.75, 3.05) is 6.54 Å². The van der Waals surface area contributed by atoms with Crippen LogP contribution in [0.5, 0.6) is 0 Å². The van der Waals surface area contributed by atoms with Crippen LogP contribution in [0.2, 0.25) is 0 Å². The summed E-state index contributed by atoms with van der Waals surface area (Å²) in [4.78, 5) is 24.4. The van der Waals surface area contributed by atoms with E-state index in [2.05, 4.69) is 10.3 Å². The van der Waals surface area contributed by atoms with Gasteiger partial charge in [0.25, 0.3) is 0 Å². The van der Waals surface area contributed by atoms with E-state index in [1.807, 2.05) is 0 Å². The highest BCUT2D eigenvalue weighted by Crippen LogP contribution is 2.17. The van der Waals surface area contributed by atoms with Gasteiger partial charge < -0.3 is 5.32 Å². The third kappa shape index (κ3) is 4.55. The van der Waals surface area contributed by atoms with Gasteiger partial charge in [0.05, 0.1) is 4.92 Å². The topological polar surface area (TPSA) is 109 Å². The molecular formula is C12H12N4O3. The molecule has 0 aromatic carbocycles. The zero-order valence-electron chi connectivity index (χ0n) is 10.3. The third-order valence-corrected chi connectivity index (χ3v) is 2.19. The van der Waals surface area contributed by atoms with Gasteiger partial charge in [-0.2, -0.15) is 5.26 Å². The number of nitro groups is 1. The van der Waals surface area contributed by atoms with E-state index in [0.717, 1.165) is 0 Å². The van der Waals surface area contributed by atoms with E-state index in [9.17, 15) is 14.9 Å². The van der Waals surface area contributed by atoms with Crippen LogP contribution in [-0.2, 0) is 4.79 Å². The Labute approximate surface area is 109 Å². The van der Waals surface area contributed by atoms with E-state index in [0.29, 0.717) is 18.5 Å². The molecule has 1 aromatic rings. The molecule has 0 aliphatic carbocycles. The minimum absolute atomic E-state index is 0.107. The first kappa shape index (κ1) is 14.3. The molecule has 0 unspecified atom stereocenters. The van der Waals surface area contributed by atoms with Gasteiger partial charge in [-0.05, 0) is 12.0 Å². The van der Waals surface area contributed by atoms with Crippen LogP contribution in [0.1, 0.15) is 24.6 Å². The SMILES string of the molecule is CC(=O)NCCC=Cc1cnc(C#N)c([N+](=O)[O-])c1. The van der Waals surface area contributed by atoms with Crippen molar-refractivity contribution in [1.29, 1.82) is 5.26 Å². The summed E-state index contributed by atoms with van der Waals surface area (Å²) >= 11 is 0. The van der Waals surface area contributed by atoms with Gasteiger partial charge in [0.1, 0.15) is 6.07 Å². The van der Waals surface area contributed by atoms with E-state index < -0.39 is 4.92 Å². The molecule has 0 saturated heterocycles. The Hall–Kier alpha value is -2.75. The Morgan fingerprint density at radius 1 is 1.68 bits per heavy atom. The number of aromatic nitrogens is 1. The van der Waals surface area contributed by atoms with Gasteiger partial charge in [0.2, 0.25) is 11.6 Å². The summed E-state index contributed by atoms with van der Waals surface area (Å²) in [6, 6.07) is 2.96. The van der Waals surface area contributed by atoms with Crippen LogP contribution in [0.25, 0.3) is 6.08 Å². The molecule has 1 rings (SSSR count). The minimum atomic E-state index is -0.639. The first-order chi connectivity index (χ1) is 9.04. The summed E-state index contributed by atoms with van der Waals surface area (Å²) in [5.74, 6) is -0.107. The summed E-state index contributed by atoms with van der Waals surface area (Å²) in [6.45, 7) is 1.93. The van der Waals surface area contributed by atoms with Crippen molar-refractivity contribution >= 4 is 17.7 Å². The number of nitriles is 1. The lowest BCUT2D eigenvalue weighted by atomic mass is 10.2. The van der Waals surface area contributed by atoms with E-state index in [4.69, 9.17) is 5.26 Å². The molecule has 19 heavy (non-hydrogen) atoms. The quantitative estimate of drug-likeness (QED) is 0.489. The number of pyridine rings is 1. The number of carbonyl (C=O) groups is 1. The Kier molecular flexibility index (Phi) is 5.17. The highest BCUT2D eigenvalue weighted by molar-refractivity contribution is 5.72. The maximum atomic E-state index is 10.7. The Bertz CT molecular complexity index is 561. The number of rotatable bonds is 5. The zero-order chi connectivity index (χ0) is 14.3. The zero-order valence-corrected chi connectivity index (χ0v) is 10.3. The molecule has 0 aliphatic heterocycles. The number of nitrogens with one attached hydrogen (secondary N) is 1. The fourth-order valence-corrected chi connectivity index (χ4v) is 1.34. The molecule has 0 saturated carbocycles. The van der Waals surface area contributed by atoms with Crippen molar-refractivity contribution in [1.82, 2.24) is 10.3 Å². The van der Waals surface area contributed by atoms with Crippen LogP contribution in [0.4, 0.5) is 5.69 Å². The predicted molar refractivity (Wildman–Crippen MR) is 67.9 cm³/mol. The second kappa shape index (κ2) is 6.86. The highest BCUT2D eigenvalue weighted by Gasteiger charge is 2.14. The highest BCUT2D eigenvalue weighted by atomic mass is 16.6. The predicted octanol–water partition coefficient (Wildman–Crippen LogP) is 1.40. The molecule has 1 N–H and O–H groups in total. The van der Waals surface area contributed by atoms with Crippen molar-refractivity contribution in [3.05, 3.63) is 39.7 Å². The lowest BCUT2D eigenvalue weighted by Crippen LogP contribution is -2.20. The summed E-state index contributed by atoms with van der Waals surface area (Å²) in [5.41, 5.74) is 0.0143. The van der Waals surface area contributed by atoms with Crippen molar-refractivity contribution in [3.63, 3.8) is 0 Å². The number of hydrogen-bond donors (Lipinski definition) is 1. The average Bonchev–Trinajstić information content (AvgIpc) is 2.37. The van der Waals surface area contributed by atoms with Crippen LogP contribution in [0.3, 0.4) is 0 Å². The van der Waals surface area contributed by atoms with Crippen molar-refractivity contribution in [2.45, 2.75) is 13.3 Å². The third-order valence-electron chi connectivity index (χ3n) is 2.19. The minimum Gasteiger partial charge on any atom is -0.356 e. The molecular weight excluding hydrogens is 248 g/mol. The molecule has 0 radical (unpaired) electrons. The molecule has 0 bridgehead atoms. The lowest BCUT2D eigenvalue weighted by Gasteiger charge is -1.98. The summed E-state index contributed by atoms with van der Waals surface area (Å²) in [6.07, 6.45) is 5.42. The van der Waals surface area contributed by atoms with Crippen LogP contribution in [0, 0.1) is 21.4 Å². The van der Waals surface area contributed by atoms with Crippen molar-refractivity contribution in [2.24, 2.45) is 0 Å². The summed E-state index contributed by atoms with van der Waals surface area (Å²) < 4.78 is 0. The van der Waals surface area contributed by atoms with Crippen LogP contribution >= 0.6 is 0 Å². The molecule has 1 heterocycles. The molecule has 1 aromatic heterocycles. The van der Waals surface area contributed by atoms with Gasteiger partial charge in [0.15, 0.2) is 0 Å². The normalized spacial score (nSPS) is 10.1. The van der Waals surface area contributed by atoms with Gasteiger partial charge in [-0.15, -0.1) is 0 Å². The fraction of sp³-hybridized carbons (Fsp3) is 0.250. The molecule has 98 valence electrons. The Morgan fingerprint density at radius 3 is 3.00 bits per heavy atom. The van der Waals surface area contributed by atoms with E-state index in [1.54, 1.807) is 18.2 Å². The van der Waals surface area contributed by atoms with E-state index >= 15 is 0 Å². The van der Waals surface area contributed by atoms with Crippen LogP contribution in [-0.4, -0.2) is 22.4 Å². The van der Waals surface area contributed by atoms with E-state index in [-0.39, 0.29) is 17.3 Å². The number of carbonyl (C=O) groups excluding carboxylic acids is 1. The molecule has 0 aliphatic rings. The fourth-order valence-electron chi connectivity index (χ4n) is 1.34. The largest absolute Gasteiger partial charge is 0.356 e. The second-order valence-corrected chi connectivity index (χ2v) is 3.68. The molecule has 7 heteroatoms. The van der Waals surface area contributed by atoms with Gasteiger partial charge >= 0.3 is 5.69 Å². The van der Waals surface area contributed by atoms with Gasteiger partial charge in [-0.1, -0.05) is 12.2 Å². The molecule has 0 spiro atoms. The van der Waals surface area contributed by atoms with Crippen molar-refractivity contribution in [3.8, 4) is 6.07 Å². The smallest absolute Gasteiger partial charge is 0.306 e. The van der Waals surface area contributed by atoms with Gasteiger partial charge in [-0.3, -0.25) is 14.9 Å². The van der Waals surface area contributed by atoms with Crippen molar-refractivity contribution < 1.29 is 9.72 Å². The monoisotopic (exact) mass is 260 g/mol. The maximum absolute atomic E-state index is 10.7. The summed E-state index contributed by atoms with van der Waals surface area (Å²) in [5, 5.41) is 22.0. The summed E-state index contributed by atoms with van der Waals surface area (Å²) in [7, 11) is 0. The number of nitrogens with zero attached hydrogens (tertiary/aromatic N) is 3. The molecule has 1 amide bonds. The van der Waals surface area contributed by atoms with Crippen LogP contribution in [0.15, 0.2) is 18.3 Å². The number of amides is 1. The van der Waals surface area contributed by atoms with Gasteiger partial charge in [0, 0.05) is 25.7 Å². The number of hydrogen-bond acceptors (Lipinski definition) is 5. The maximum Gasteiger partial charge on any atom is 0.306 e. The molecule has 7 nitrogen and oxygen atoms in total. The van der Waals surface area contributed by atoms with Crippen LogP contribution < -0.4 is 5.32 Å². The van der Waals surface area contributed by atoms with E-state index in [1.165, 1.54) is 19.2 Å². The van der Waals surface area contributed by atoms with Gasteiger partial charge in [-0.25, -0.2) is 4.98 Å².